The summed E-state index contributed by atoms with van der Waals surface area (Å²) in [5, 5.41) is 3.43. The fourth-order valence-electron chi connectivity index (χ4n) is 3.09. The number of amides is 1. The van der Waals surface area contributed by atoms with E-state index in [9.17, 15) is 9.18 Å². The topological polar surface area (TPSA) is 84.1 Å². The Morgan fingerprint density at radius 3 is 2.72 bits per heavy atom. The molecule has 1 aliphatic heterocycles. The summed E-state index contributed by atoms with van der Waals surface area (Å²) in [6.45, 7) is 3.89. The SMILES string of the molecule is C[C@H](c1ccc(F)cc1)c1nc(C(N)=O)cnc1NC1CCN(C)C1. The van der Waals surface area contributed by atoms with Gasteiger partial charge in [-0.3, -0.25) is 4.79 Å². The van der Waals surface area contributed by atoms with Crippen LogP contribution in [0.4, 0.5) is 10.2 Å². The lowest BCUT2D eigenvalue weighted by atomic mass is 9.97. The monoisotopic (exact) mass is 343 g/mol. The van der Waals surface area contributed by atoms with Gasteiger partial charge >= 0.3 is 0 Å². The molecule has 0 bridgehead atoms. The van der Waals surface area contributed by atoms with E-state index >= 15 is 0 Å². The van der Waals surface area contributed by atoms with Crippen molar-refractivity contribution >= 4 is 11.7 Å². The van der Waals surface area contributed by atoms with Crippen LogP contribution in [0.1, 0.15) is 41.0 Å². The van der Waals surface area contributed by atoms with Crippen molar-refractivity contribution in [1.82, 2.24) is 14.9 Å². The molecule has 1 aromatic heterocycles. The molecule has 2 heterocycles. The van der Waals surface area contributed by atoms with Crippen LogP contribution in [0.25, 0.3) is 0 Å². The number of carbonyl (C=O) groups excluding carboxylic acids is 1. The Kier molecular flexibility index (Phi) is 4.94. The first-order chi connectivity index (χ1) is 11.9. The van der Waals surface area contributed by atoms with Crippen molar-refractivity contribution in [2.24, 2.45) is 5.73 Å². The number of hydrogen-bond donors (Lipinski definition) is 2. The van der Waals surface area contributed by atoms with Gasteiger partial charge in [0.15, 0.2) is 0 Å². The molecule has 1 saturated heterocycles. The van der Waals surface area contributed by atoms with Crippen LogP contribution in [0.2, 0.25) is 0 Å². The third-order valence-corrected chi connectivity index (χ3v) is 4.56. The van der Waals surface area contributed by atoms with E-state index < -0.39 is 5.91 Å². The van der Waals surface area contributed by atoms with Gasteiger partial charge in [0.25, 0.3) is 5.91 Å². The minimum absolute atomic E-state index is 0.123. The molecule has 1 unspecified atom stereocenters. The van der Waals surface area contributed by atoms with Crippen LogP contribution in [0.3, 0.4) is 0 Å². The van der Waals surface area contributed by atoms with Crippen molar-refractivity contribution in [1.29, 1.82) is 0 Å². The van der Waals surface area contributed by atoms with E-state index in [-0.39, 0.29) is 23.5 Å². The van der Waals surface area contributed by atoms with Crippen molar-refractivity contribution in [2.75, 3.05) is 25.5 Å². The first-order valence-corrected chi connectivity index (χ1v) is 8.31. The molecule has 1 aliphatic rings. The summed E-state index contributed by atoms with van der Waals surface area (Å²) < 4.78 is 13.2. The van der Waals surface area contributed by atoms with E-state index in [1.165, 1.54) is 18.3 Å². The van der Waals surface area contributed by atoms with Crippen LogP contribution >= 0.6 is 0 Å². The summed E-state index contributed by atoms with van der Waals surface area (Å²) in [5.41, 5.74) is 7.01. The van der Waals surface area contributed by atoms with E-state index in [4.69, 9.17) is 5.73 Å². The Hall–Kier alpha value is -2.54. The second-order valence-corrected chi connectivity index (χ2v) is 6.52. The standard InChI is InChI=1S/C18H22FN5O/c1-11(12-3-5-13(19)6-4-12)16-18(21-9-15(23-16)17(20)25)22-14-7-8-24(2)10-14/h3-6,9,11,14H,7-8,10H2,1-2H3,(H2,20,25)(H,21,22)/t11-,14?/m1/s1. The number of likely N-dealkylation sites (tertiary alicyclic amines) is 1. The van der Waals surface area contributed by atoms with E-state index in [1.54, 1.807) is 12.1 Å². The number of anilines is 1. The molecule has 7 heteroatoms. The smallest absolute Gasteiger partial charge is 0.268 e. The van der Waals surface area contributed by atoms with Gasteiger partial charge in [-0.2, -0.15) is 0 Å². The third-order valence-electron chi connectivity index (χ3n) is 4.56. The molecule has 25 heavy (non-hydrogen) atoms. The maximum atomic E-state index is 13.2. The predicted molar refractivity (Wildman–Crippen MR) is 94.0 cm³/mol. The van der Waals surface area contributed by atoms with Gasteiger partial charge in [-0.15, -0.1) is 0 Å². The highest BCUT2D eigenvalue weighted by Crippen LogP contribution is 2.28. The third kappa shape index (κ3) is 3.93. The van der Waals surface area contributed by atoms with Crippen molar-refractivity contribution in [3.05, 3.63) is 53.2 Å². The average molecular weight is 343 g/mol. The van der Waals surface area contributed by atoms with Gasteiger partial charge in [-0.1, -0.05) is 19.1 Å². The minimum atomic E-state index is -0.618. The Labute approximate surface area is 146 Å². The minimum Gasteiger partial charge on any atom is -0.364 e. The lowest BCUT2D eigenvalue weighted by Gasteiger charge is -2.20. The van der Waals surface area contributed by atoms with E-state index in [2.05, 4.69) is 27.2 Å². The molecule has 6 nitrogen and oxygen atoms in total. The summed E-state index contributed by atoms with van der Waals surface area (Å²) in [4.78, 5) is 22.6. The molecule has 1 aromatic carbocycles. The van der Waals surface area contributed by atoms with Crippen LogP contribution in [-0.2, 0) is 0 Å². The van der Waals surface area contributed by atoms with E-state index in [0.29, 0.717) is 11.5 Å². The highest BCUT2D eigenvalue weighted by Gasteiger charge is 2.24. The quantitative estimate of drug-likeness (QED) is 0.867. The maximum absolute atomic E-state index is 13.2. The van der Waals surface area contributed by atoms with Gasteiger partial charge in [0, 0.05) is 18.5 Å². The number of carbonyl (C=O) groups is 1. The molecule has 0 saturated carbocycles. The van der Waals surface area contributed by atoms with Crippen molar-refractivity contribution in [3.63, 3.8) is 0 Å². The van der Waals surface area contributed by atoms with Crippen LogP contribution in [0.15, 0.2) is 30.5 Å². The number of nitrogens with zero attached hydrogens (tertiary/aromatic N) is 3. The normalized spacial score (nSPS) is 18.9. The number of likely N-dealkylation sites (N-methyl/N-ethyl adjacent to an activating group) is 1. The summed E-state index contributed by atoms with van der Waals surface area (Å²) >= 11 is 0. The fourth-order valence-corrected chi connectivity index (χ4v) is 3.09. The number of halogens is 1. The number of hydrogen-bond acceptors (Lipinski definition) is 5. The van der Waals surface area contributed by atoms with Gasteiger partial charge in [0.05, 0.1) is 11.9 Å². The molecule has 1 amide bonds. The Morgan fingerprint density at radius 2 is 2.12 bits per heavy atom. The molecule has 0 spiro atoms. The molecule has 0 radical (unpaired) electrons. The van der Waals surface area contributed by atoms with Crippen LogP contribution in [0, 0.1) is 5.82 Å². The second kappa shape index (κ2) is 7.14. The summed E-state index contributed by atoms with van der Waals surface area (Å²) in [7, 11) is 2.07. The highest BCUT2D eigenvalue weighted by atomic mass is 19.1. The highest BCUT2D eigenvalue weighted by molar-refractivity contribution is 5.90. The molecule has 2 aromatic rings. The van der Waals surface area contributed by atoms with Crippen LogP contribution in [0.5, 0.6) is 0 Å². The predicted octanol–water partition coefficient (Wildman–Crippen LogP) is 1.98. The Bertz CT molecular complexity index is 765. The van der Waals surface area contributed by atoms with E-state index in [1.807, 2.05) is 6.92 Å². The molecule has 3 N–H and O–H groups in total. The molecule has 3 rings (SSSR count). The Balaban J connectivity index is 1.94. The van der Waals surface area contributed by atoms with Crippen molar-refractivity contribution in [3.8, 4) is 0 Å². The first kappa shape index (κ1) is 17.3. The van der Waals surface area contributed by atoms with E-state index in [0.717, 1.165) is 25.1 Å². The van der Waals surface area contributed by atoms with Gasteiger partial charge in [-0.25, -0.2) is 14.4 Å². The summed E-state index contributed by atoms with van der Waals surface area (Å²) in [6.07, 6.45) is 2.41. The first-order valence-electron chi connectivity index (χ1n) is 8.31. The molecular formula is C18H22FN5O. The summed E-state index contributed by atoms with van der Waals surface area (Å²) in [5.74, 6) is -0.427. The van der Waals surface area contributed by atoms with Gasteiger partial charge in [0.1, 0.15) is 17.3 Å². The molecule has 132 valence electrons. The average Bonchev–Trinajstić information content (AvgIpc) is 3.00. The van der Waals surface area contributed by atoms with Crippen LogP contribution in [-0.4, -0.2) is 47.0 Å². The number of nitrogens with two attached hydrogens (primary N) is 1. The lowest BCUT2D eigenvalue weighted by molar-refractivity contribution is 0.0995. The number of benzene rings is 1. The second-order valence-electron chi connectivity index (χ2n) is 6.52. The number of nitrogens with one attached hydrogen (secondary N) is 1. The molecule has 2 atom stereocenters. The molecule has 0 aliphatic carbocycles. The fraction of sp³-hybridized carbons (Fsp3) is 0.389. The zero-order chi connectivity index (χ0) is 18.0. The zero-order valence-electron chi connectivity index (χ0n) is 14.4. The van der Waals surface area contributed by atoms with Gasteiger partial charge < -0.3 is 16.0 Å². The maximum Gasteiger partial charge on any atom is 0.268 e. The molecular weight excluding hydrogens is 321 g/mol. The van der Waals surface area contributed by atoms with Crippen molar-refractivity contribution < 1.29 is 9.18 Å². The van der Waals surface area contributed by atoms with Crippen LogP contribution < -0.4 is 11.1 Å². The lowest BCUT2D eigenvalue weighted by Crippen LogP contribution is -2.26. The molecule has 1 fully saturated rings. The Morgan fingerprint density at radius 1 is 1.40 bits per heavy atom. The zero-order valence-corrected chi connectivity index (χ0v) is 14.4. The number of primary amides is 1. The largest absolute Gasteiger partial charge is 0.364 e. The van der Waals surface area contributed by atoms with Gasteiger partial charge in [-0.05, 0) is 37.7 Å². The van der Waals surface area contributed by atoms with Crippen molar-refractivity contribution in [2.45, 2.75) is 25.3 Å². The summed E-state index contributed by atoms with van der Waals surface area (Å²) in [6, 6.07) is 6.53. The van der Waals surface area contributed by atoms with Gasteiger partial charge in [0.2, 0.25) is 0 Å². The number of rotatable bonds is 5. The number of aromatic nitrogens is 2.